The molecule has 0 aliphatic rings. The number of benzene rings is 1. The number of nitrogens with one attached hydrogen (secondary N) is 2. The molecular formula is C11H13BrN2O2. The minimum absolute atomic E-state index is 0.117. The molecule has 0 saturated heterocycles. The fourth-order valence-electron chi connectivity index (χ4n) is 1.17. The summed E-state index contributed by atoms with van der Waals surface area (Å²) in [6.45, 7) is 2.03. The number of anilines is 1. The van der Waals surface area contributed by atoms with E-state index in [1.807, 2.05) is 0 Å². The van der Waals surface area contributed by atoms with Gasteiger partial charge in [0.05, 0.1) is 0 Å². The van der Waals surface area contributed by atoms with Gasteiger partial charge in [-0.1, -0.05) is 15.9 Å². The van der Waals surface area contributed by atoms with E-state index >= 15 is 0 Å². The van der Waals surface area contributed by atoms with Gasteiger partial charge in [0.1, 0.15) is 0 Å². The summed E-state index contributed by atoms with van der Waals surface area (Å²) in [5.74, 6) is -0.245. The molecule has 0 aliphatic heterocycles. The molecule has 0 radical (unpaired) electrons. The quantitative estimate of drug-likeness (QED) is 0.828. The molecule has 0 aromatic heterocycles. The molecule has 0 spiro atoms. The lowest BCUT2D eigenvalue weighted by Crippen LogP contribution is -2.25. The number of alkyl halides is 1. The second-order valence-corrected chi connectivity index (χ2v) is 4.00. The van der Waals surface area contributed by atoms with Crippen molar-refractivity contribution < 1.29 is 9.59 Å². The Morgan fingerprint density at radius 3 is 2.38 bits per heavy atom. The van der Waals surface area contributed by atoms with Crippen molar-refractivity contribution in [3.05, 3.63) is 29.8 Å². The van der Waals surface area contributed by atoms with Crippen molar-refractivity contribution in [2.45, 2.75) is 6.92 Å². The predicted octanol–water partition coefficient (Wildman–Crippen LogP) is 1.77. The minimum Gasteiger partial charge on any atom is -0.351 e. The SMILES string of the molecule is CC(=O)Nc1ccc(C(=O)NCCBr)cc1. The number of hydrogen-bond donors (Lipinski definition) is 2. The van der Waals surface area contributed by atoms with Crippen LogP contribution in [0.15, 0.2) is 24.3 Å². The molecule has 4 nitrogen and oxygen atoms in total. The third kappa shape index (κ3) is 4.02. The lowest BCUT2D eigenvalue weighted by molar-refractivity contribution is -0.114. The Labute approximate surface area is 103 Å². The standard InChI is InChI=1S/C11H13BrN2O2/c1-8(15)14-10-4-2-9(3-5-10)11(16)13-7-6-12/h2-5H,6-7H2,1H3,(H,13,16)(H,14,15). The van der Waals surface area contributed by atoms with Gasteiger partial charge < -0.3 is 10.6 Å². The summed E-state index contributed by atoms with van der Waals surface area (Å²) in [6, 6.07) is 6.75. The van der Waals surface area contributed by atoms with Crippen LogP contribution in [0, 0.1) is 0 Å². The van der Waals surface area contributed by atoms with Crippen LogP contribution in [0.25, 0.3) is 0 Å². The highest BCUT2D eigenvalue weighted by Gasteiger charge is 2.04. The molecular weight excluding hydrogens is 272 g/mol. The van der Waals surface area contributed by atoms with Crippen molar-refractivity contribution >= 4 is 33.4 Å². The molecule has 86 valence electrons. The van der Waals surface area contributed by atoms with Crippen LogP contribution in [-0.4, -0.2) is 23.7 Å². The van der Waals surface area contributed by atoms with Crippen LogP contribution in [0.1, 0.15) is 17.3 Å². The molecule has 0 saturated carbocycles. The van der Waals surface area contributed by atoms with Gasteiger partial charge >= 0.3 is 0 Å². The average molecular weight is 285 g/mol. The average Bonchev–Trinajstić information content (AvgIpc) is 2.26. The lowest BCUT2D eigenvalue weighted by atomic mass is 10.2. The maximum Gasteiger partial charge on any atom is 0.251 e. The van der Waals surface area contributed by atoms with E-state index in [2.05, 4.69) is 26.6 Å². The normalized spacial score (nSPS) is 9.62. The van der Waals surface area contributed by atoms with Crippen molar-refractivity contribution in [3.63, 3.8) is 0 Å². The largest absolute Gasteiger partial charge is 0.351 e. The van der Waals surface area contributed by atoms with Crippen molar-refractivity contribution in [2.24, 2.45) is 0 Å². The molecule has 2 N–H and O–H groups in total. The first kappa shape index (κ1) is 12.7. The minimum atomic E-state index is -0.128. The molecule has 0 fully saturated rings. The van der Waals surface area contributed by atoms with E-state index in [0.717, 1.165) is 5.33 Å². The van der Waals surface area contributed by atoms with E-state index in [4.69, 9.17) is 0 Å². The van der Waals surface area contributed by atoms with Crippen molar-refractivity contribution in [2.75, 3.05) is 17.2 Å². The zero-order chi connectivity index (χ0) is 12.0. The Bertz CT molecular complexity index is 376. The third-order valence-electron chi connectivity index (χ3n) is 1.85. The first-order chi connectivity index (χ1) is 7.63. The maximum atomic E-state index is 11.5. The van der Waals surface area contributed by atoms with Gasteiger partial charge in [-0.15, -0.1) is 0 Å². The van der Waals surface area contributed by atoms with E-state index in [1.165, 1.54) is 6.92 Å². The van der Waals surface area contributed by atoms with Crippen LogP contribution in [-0.2, 0) is 4.79 Å². The maximum absolute atomic E-state index is 11.5. The fraction of sp³-hybridized carbons (Fsp3) is 0.273. The van der Waals surface area contributed by atoms with Crippen LogP contribution in [0.3, 0.4) is 0 Å². The van der Waals surface area contributed by atoms with Crippen LogP contribution in [0.2, 0.25) is 0 Å². The Morgan fingerprint density at radius 2 is 1.88 bits per heavy atom. The Kier molecular flexibility index (Phi) is 4.98. The van der Waals surface area contributed by atoms with Gasteiger partial charge in [0.25, 0.3) is 5.91 Å². The van der Waals surface area contributed by atoms with E-state index in [9.17, 15) is 9.59 Å². The van der Waals surface area contributed by atoms with Crippen molar-refractivity contribution in [3.8, 4) is 0 Å². The van der Waals surface area contributed by atoms with Gasteiger partial charge in [0.15, 0.2) is 0 Å². The molecule has 1 aromatic carbocycles. The zero-order valence-corrected chi connectivity index (χ0v) is 10.5. The summed E-state index contributed by atoms with van der Waals surface area (Å²) >= 11 is 3.23. The second kappa shape index (κ2) is 6.27. The molecule has 1 aromatic rings. The molecule has 5 heteroatoms. The number of rotatable bonds is 4. The van der Waals surface area contributed by atoms with E-state index in [1.54, 1.807) is 24.3 Å². The Morgan fingerprint density at radius 1 is 1.25 bits per heavy atom. The number of amides is 2. The van der Waals surface area contributed by atoms with Gasteiger partial charge in [-0.25, -0.2) is 0 Å². The van der Waals surface area contributed by atoms with E-state index in [0.29, 0.717) is 17.8 Å². The van der Waals surface area contributed by atoms with Crippen LogP contribution < -0.4 is 10.6 Å². The highest BCUT2D eigenvalue weighted by molar-refractivity contribution is 9.09. The molecule has 0 bridgehead atoms. The summed E-state index contributed by atoms with van der Waals surface area (Å²) < 4.78 is 0. The molecule has 0 aliphatic carbocycles. The molecule has 0 atom stereocenters. The first-order valence-electron chi connectivity index (χ1n) is 4.85. The van der Waals surface area contributed by atoms with Crippen LogP contribution in [0.5, 0.6) is 0 Å². The summed E-state index contributed by atoms with van der Waals surface area (Å²) in [4.78, 5) is 22.3. The molecule has 2 amide bonds. The number of hydrogen-bond acceptors (Lipinski definition) is 2. The molecule has 1 rings (SSSR count). The number of carbonyl (C=O) groups excluding carboxylic acids is 2. The van der Waals surface area contributed by atoms with E-state index in [-0.39, 0.29) is 11.8 Å². The van der Waals surface area contributed by atoms with Gasteiger partial charge in [-0.05, 0) is 24.3 Å². The monoisotopic (exact) mass is 284 g/mol. The van der Waals surface area contributed by atoms with Crippen LogP contribution in [0.4, 0.5) is 5.69 Å². The molecule has 16 heavy (non-hydrogen) atoms. The Hall–Kier alpha value is -1.36. The summed E-state index contributed by atoms with van der Waals surface area (Å²) in [7, 11) is 0. The highest BCUT2D eigenvalue weighted by Crippen LogP contribution is 2.09. The van der Waals surface area contributed by atoms with Gasteiger partial charge in [0.2, 0.25) is 5.91 Å². The molecule has 0 heterocycles. The van der Waals surface area contributed by atoms with E-state index < -0.39 is 0 Å². The third-order valence-corrected chi connectivity index (χ3v) is 2.24. The number of carbonyl (C=O) groups is 2. The lowest BCUT2D eigenvalue weighted by Gasteiger charge is -2.05. The van der Waals surface area contributed by atoms with Gasteiger partial charge in [-0.3, -0.25) is 9.59 Å². The highest BCUT2D eigenvalue weighted by atomic mass is 79.9. The topological polar surface area (TPSA) is 58.2 Å². The zero-order valence-electron chi connectivity index (χ0n) is 8.92. The van der Waals surface area contributed by atoms with Gasteiger partial charge in [0, 0.05) is 30.0 Å². The summed E-state index contributed by atoms with van der Waals surface area (Å²) in [5, 5.41) is 6.10. The second-order valence-electron chi connectivity index (χ2n) is 3.20. The summed E-state index contributed by atoms with van der Waals surface area (Å²) in [5.41, 5.74) is 1.26. The predicted molar refractivity (Wildman–Crippen MR) is 66.9 cm³/mol. The van der Waals surface area contributed by atoms with Gasteiger partial charge in [-0.2, -0.15) is 0 Å². The summed E-state index contributed by atoms with van der Waals surface area (Å²) in [6.07, 6.45) is 0. The number of halogens is 1. The first-order valence-corrected chi connectivity index (χ1v) is 5.97. The van der Waals surface area contributed by atoms with Crippen molar-refractivity contribution in [1.82, 2.24) is 5.32 Å². The Balaban J connectivity index is 2.63. The smallest absolute Gasteiger partial charge is 0.251 e. The fourth-order valence-corrected chi connectivity index (χ4v) is 1.37. The molecule has 0 unspecified atom stereocenters. The van der Waals surface area contributed by atoms with Crippen LogP contribution >= 0.6 is 15.9 Å². The van der Waals surface area contributed by atoms with Crippen molar-refractivity contribution in [1.29, 1.82) is 0 Å².